The summed E-state index contributed by atoms with van der Waals surface area (Å²) in [7, 11) is 1.29. The normalized spacial score (nSPS) is 9.80. The van der Waals surface area contributed by atoms with Crippen LogP contribution >= 0.6 is 15.9 Å². The number of Topliss-reactive ketones (excluding diaryl/α,β-unsaturated/α-hetero) is 1. The summed E-state index contributed by atoms with van der Waals surface area (Å²) >= 11 is 3.04. The molecule has 6 heteroatoms. The van der Waals surface area contributed by atoms with Gasteiger partial charge in [-0.3, -0.25) is 14.9 Å². The zero-order chi connectivity index (χ0) is 11.6. The lowest BCUT2D eigenvalue weighted by atomic mass is 10.1. The Kier molecular flexibility index (Phi) is 3.41. The van der Waals surface area contributed by atoms with E-state index in [2.05, 4.69) is 15.9 Å². The quantitative estimate of drug-likeness (QED) is 0.482. The second-order valence-corrected chi connectivity index (χ2v) is 3.64. The first kappa shape index (κ1) is 11.6. The zero-order valence-electron chi connectivity index (χ0n) is 8.11. The lowest BCUT2D eigenvalue weighted by Gasteiger charge is -2.07. The SMILES string of the molecule is COc1c(C(C)=O)ccc(Br)c1[N+](=O)[O-]. The van der Waals surface area contributed by atoms with Crippen LogP contribution in [0.25, 0.3) is 0 Å². The Morgan fingerprint density at radius 1 is 1.53 bits per heavy atom. The van der Waals surface area contributed by atoms with Gasteiger partial charge in [-0.25, -0.2) is 0 Å². The summed E-state index contributed by atoms with van der Waals surface area (Å²) in [6.07, 6.45) is 0. The molecule has 0 N–H and O–H groups in total. The molecule has 5 nitrogen and oxygen atoms in total. The van der Waals surface area contributed by atoms with Crippen LogP contribution in [0.4, 0.5) is 5.69 Å². The predicted octanol–water partition coefficient (Wildman–Crippen LogP) is 2.57. The monoisotopic (exact) mass is 273 g/mol. The summed E-state index contributed by atoms with van der Waals surface area (Å²) in [4.78, 5) is 21.4. The molecule has 80 valence electrons. The van der Waals surface area contributed by atoms with Crippen LogP contribution in [0.1, 0.15) is 17.3 Å². The van der Waals surface area contributed by atoms with Gasteiger partial charge in [0.05, 0.1) is 22.1 Å². The Hall–Kier alpha value is -1.43. The first-order chi connectivity index (χ1) is 6.99. The lowest BCUT2D eigenvalue weighted by Crippen LogP contribution is -2.02. The fourth-order valence-corrected chi connectivity index (χ4v) is 1.66. The van der Waals surface area contributed by atoms with Crippen LogP contribution in [0, 0.1) is 10.1 Å². The van der Waals surface area contributed by atoms with E-state index in [1.165, 1.54) is 26.2 Å². The van der Waals surface area contributed by atoms with Gasteiger partial charge in [0.15, 0.2) is 5.78 Å². The number of hydrogen-bond donors (Lipinski definition) is 0. The maximum Gasteiger partial charge on any atom is 0.325 e. The number of rotatable bonds is 3. The van der Waals surface area contributed by atoms with Crippen molar-refractivity contribution in [2.24, 2.45) is 0 Å². The van der Waals surface area contributed by atoms with Gasteiger partial charge < -0.3 is 4.74 Å². The minimum Gasteiger partial charge on any atom is -0.490 e. The van der Waals surface area contributed by atoms with E-state index < -0.39 is 4.92 Å². The Morgan fingerprint density at radius 3 is 2.53 bits per heavy atom. The molecule has 0 fully saturated rings. The third-order valence-electron chi connectivity index (χ3n) is 1.85. The number of methoxy groups -OCH3 is 1. The summed E-state index contributed by atoms with van der Waals surface area (Å²) in [6, 6.07) is 2.94. The Balaban J connectivity index is 3.54. The fraction of sp³-hybridized carbons (Fsp3) is 0.222. The average molecular weight is 274 g/mol. The first-order valence-electron chi connectivity index (χ1n) is 4.00. The third-order valence-corrected chi connectivity index (χ3v) is 2.49. The Morgan fingerprint density at radius 2 is 2.13 bits per heavy atom. The molecule has 1 rings (SSSR count). The molecule has 0 radical (unpaired) electrons. The molecule has 0 amide bonds. The van der Waals surface area contributed by atoms with Gasteiger partial charge in [-0.05, 0) is 35.0 Å². The first-order valence-corrected chi connectivity index (χ1v) is 4.80. The van der Waals surface area contributed by atoms with Crippen LogP contribution in [-0.4, -0.2) is 17.8 Å². The van der Waals surface area contributed by atoms with E-state index >= 15 is 0 Å². The number of nitro benzene ring substituents is 1. The molecule has 1 aromatic carbocycles. The number of nitro groups is 1. The van der Waals surface area contributed by atoms with Crippen molar-refractivity contribution in [2.75, 3.05) is 7.11 Å². The maximum absolute atomic E-state index is 11.2. The van der Waals surface area contributed by atoms with Crippen LogP contribution in [0.3, 0.4) is 0 Å². The number of halogens is 1. The van der Waals surface area contributed by atoms with Crippen molar-refractivity contribution in [3.8, 4) is 5.75 Å². The molecule has 0 unspecified atom stereocenters. The average Bonchev–Trinajstić information content (AvgIpc) is 2.15. The van der Waals surface area contributed by atoms with Crippen molar-refractivity contribution >= 4 is 27.4 Å². The molecule has 0 aliphatic heterocycles. The summed E-state index contributed by atoms with van der Waals surface area (Å²) < 4.78 is 5.17. The van der Waals surface area contributed by atoms with E-state index in [4.69, 9.17) is 4.74 Å². The van der Waals surface area contributed by atoms with Crippen molar-refractivity contribution < 1.29 is 14.5 Å². The highest BCUT2D eigenvalue weighted by atomic mass is 79.9. The van der Waals surface area contributed by atoms with Gasteiger partial charge in [0.1, 0.15) is 0 Å². The van der Waals surface area contributed by atoms with Gasteiger partial charge >= 0.3 is 5.69 Å². The molecule has 0 saturated carbocycles. The number of ether oxygens (including phenoxy) is 1. The molecule has 0 saturated heterocycles. The lowest BCUT2D eigenvalue weighted by molar-refractivity contribution is -0.386. The number of carbonyl (C=O) groups is 1. The topological polar surface area (TPSA) is 69.4 Å². The van der Waals surface area contributed by atoms with Gasteiger partial charge in [0, 0.05) is 0 Å². The standard InChI is InChI=1S/C9H8BrNO4/c1-5(12)6-3-4-7(10)8(11(13)14)9(6)15-2/h3-4H,1-2H3. The molecule has 15 heavy (non-hydrogen) atoms. The maximum atomic E-state index is 11.2. The number of ketones is 1. The van der Waals surface area contributed by atoms with Crippen molar-refractivity contribution in [3.63, 3.8) is 0 Å². The molecule has 1 aromatic rings. The Bertz CT molecular complexity index is 430. The summed E-state index contributed by atoms with van der Waals surface area (Å²) in [5.41, 5.74) is -0.0300. The van der Waals surface area contributed by atoms with E-state index in [0.717, 1.165) is 0 Å². The second kappa shape index (κ2) is 4.39. The number of benzene rings is 1. The van der Waals surface area contributed by atoms with E-state index in [1.807, 2.05) is 0 Å². The molecular weight excluding hydrogens is 266 g/mol. The van der Waals surface area contributed by atoms with E-state index in [9.17, 15) is 14.9 Å². The summed E-state index contributed by atoms with van der Waals surface area (Å²) in [6.45, 7) is 1.33. The van der Waals surface area contributed by atoms with Gasteiger partial charge in [0.25, 0.3) is 0 Å². The number of hydrogen-bond acceptors (Lipinski definition) is 4. The summed E-state index contributed by atoms with van der Waals surface area (Å²) in [5, 5.41) is 10.8. The molecule has 0 aromatic heterocycles. The molecule has 0 bridgehead atoms. The van der Waals surface area contributed by atoms with Crippen LogP contribution in [0.5, 0.6) is 5.75 Å². The Labute approximate surface area is 94.3 Å². The molecule has 0 aliphatic rings. The van der Waals surface area contributed by atoms with Gasteiger partial charge in [-0.1, -0.05) is 0 Å². The van der Waals surface area contributed by atoms with Crippen LogP contribution in [-0.2, 0) is 0 Å². The highest BCUT2D eigenvalue weighted by molar-refractivity contribution is 9.10. The van der Waals surface area contributed by atoms with Gasteiger partial charge in [-0.2, -0.15) is 0 Å². The molecule has 0 atom stereocenters. The molecular formula is C9H8BrNO4. The smallest absolute Gasteiger partial charge is 0.325 e. The van der Waals surface area contributed by atoms with Crippen molar-refractivity contribution in [2.45, 2.75) is 6.92 Å². The highest BCUT2D eigenvalue weighted by Crippen LogP contribution is 2.37. The zero-order valence-corrected chi connectivity index (χ0v) is 9.70. The minimum atomic E-state index is -0.588. The second-order valence-electron chi connectivity index (χ2n) is 2.79. The van der Waals surface area contributed by atoms with Crippen molar-refractivity contribution in [1.29, 1.82) is 0 Å². The van der Waals surface area contributed by atoms with E-state index in [-0.39, 0.29) is 27.3 Å². The predicted molar refractivity (Wildman–Crippen MR) is 57.4 cm³/mol. The van der Waals surface area contributed by atoms with Crippen LogP contribution < -0.4 is 4.74 Å². The molecule has 0 heterocycles. The van der Waals surface area contributed by atoms with Crippen molar-refractivity contribution in [1.82, 2.24) is 0 Å². The van der Waals surface area contributed by atoms with E-state index in [0.29, 0.717) is 0 Å². The van der Waals surface area contributed by atoms with Crippen LogP contribution in [0.15, 0.2) is 16.6 Å². The molecule has 0 spiro atoms. The molecule has 0 aliphatic carbocycles. The van der Waals surface area contributed by atoms with E-state index in [1.54, 1.807) is 0 Å². The highest BCUT2D eigenvalue weighted by Gasteiger charge is 2.24. The number of nitrogens with zero attached hydrogens (tertiary/aromatic N) is 1. The van der Waals surface area contributed by atoms with Crippen molar-refractivity contribution in [3.05, 3.63) is 32.3 Å². The van der Waals surface area contributed by atoms with Gasteiger partial charge in [-0.15, -0.1) is 0 Å². The van der Waals surface area contributed by atoms with Gasteiger partial charge in [0.2, 0.25) is 5.75 Å². The number of carbonyl (C=O) groups excluding carboxylic acids is 1. The largest absolute Gasteiger partial charge is 0.490 e. The van der Waals surface area contributed by atoms with Crippen LogP contribution in [0.2, 0.25) is 0 Å². The summed E-state index contributed by atoms with van der Waals surface area (Å²) in [5.74, 6) is -0.288. The fourth-order valence-electron chi connectivity index (χ4n) is 1.20. The minimum absolute atomic E-state index is 0.0122. The third kappa shape index (κ3) is 2.15.